The second kappa shape index (κ2) is 6.81. The van der Waals surface area contributed by atoms with Crippen LogP contribution in [0.15, 0.2) is 29.8 Å². The number of nitrogens with one attached hydrogen (secondary N) is 1. The average molecular weight is 266 g/mol. The molecule has 2 nitrogen and oxygen atoms in total. The average Bonchev–Trinajstić information content (AvgIpc) is 2.88. The van der Waals surface area contributed by atoms with E-state index in [4.69, 9.17) is 16.3 Å². The van der Waals surface area contributed by atoms with E-state index in [2.05, 4.69) is 11.4 Å². The Bertz CT molecular complexity index is 429. The lowest BCUT2D eigenvalue weighted by atomic mass is 10.1. The number of halogens is 1. The Hall–Kier alpha value is -0.990. The smallest absolute Gasteiger partial charge is 0.123 e. The van der Waals surface area contributed by atoms with Crippen LogP contribution in [0.1, 0.15) is 31.2 Å². The summed E-state index contributed by atoms with van der Waals surface area (Å²) in [4.78, 5) is 0. The van der Waals surface area contributed by atoms with Crippen LogP contribution in [-0.4, -0.2) is 13.7 Å². The quantitative estimate of drug-likeness (QED) is 0.621. The lowest BCUT2D eigenvalue weighted by molar-refractivity contribution is 0.408. The van der Waals surface area contributed by atoms with Gasteiger partial charge in [-0.25, -0.2) is 0 Å². The molecule has 3 heteroatoms. The first-order chi connectivity index (χ1) is 8.79. The van der Waals surface area contributed by atoms with E-state index >= 15 is 0 Å². The molecule has 0 amide bonds. The summed E-state index contributed by atoms with van der Waals surface area (Å²) in [7, 11) is 1.69. The van der Waals surface area contributed by atoms with Crippen molar-refractivity contribution in [1.82, 2.24) is 5.32 Å². The highest BCUT2D eigenvalue weighted by molar-refractivity contribution is 6.30. The Labute approximate surface area is 114 Å². The van der Waals surface area contributed by atoms with Gasteiger partial charge in [0.2, 0.25) is 0 Å². The van der Waals surface area contributed by atoms with Gasteiger partial charge in [0.15, 0.2) is 0 Å². The minimum atomic E-state index is 0.756. The van der Waals surface area contributed by atoms with Crippen molar-refractivity contribution in [2.45, 2.75) is 32.2 Å². The molecule has 98 valence electrons. The molecule has 0 radical (unpaired) electrons. The van der Waals surface area contributed by atoms with E-state index in [9.17, 15) is 0 Å². The molecule has 18 heavy (non-hydrogen) atoms. The molecule has 2 rings (SSSR count). The van der Waals surface area contributed by atoms with Crippen molar-refractivity contribution < 1.29 is 4.74 Å². The van der Waals surface area contributed by atoms with Gasteiger partial charge >= 0.3 is 0 Å². The number of hydrogen-bond donors (Lipinski definition) is 1. The van der Waals surface area contributed by atoms with E-state index in [0.29, 0.717) is 0 Å². The van der Waals surface area contributed by atoms with Gasteiger partial charge in [0.25, 0.3) is 0 Å². The van der Waals surface area contributed by atoms with Crippen molar-refractivity contribution in [3.8, 4) is 5.75 Å². The third-order valence-electron chi connectivity index (χ3n) is 3.32. The summed E-state index contributed by atoms with van der Waals surface area (Å²) in [5, 5.41) is 4.21. The Morgan fingerprint density at radius 3 is 3.00 bits per heavy atom. The van der Waals surface area contributed by atoms with Crippen molar-refractivity contribution in [2.24, 2.45) is 0 Å². The molecule has 1 aliphatic rings. The van der Waals surface area contributed by atoms with Crippen LogP contribution in [0, 0.1) is 0 Å². The highest BCUT2D eigenvalue weighted by Gasteiger charge is 2.05. The molecule has 1 aromatic carbocycles. The summed E-state index contributed by atoms with van der Waals surface area (Å²) in [6.45, 7) is 1.82. The maximum atomic E-state index is 6.00. The standard InChI is InChI=1S/C15H20ClNO/c1-18-15-7-6-14(16)10-13(15)11-17-9-8-12-4-2-3-5-12/h4,6-7,10,17H,2-3,5,8-9,11H2,1H3. The van der Waals surface area contributed by atoms with E-state index in [1.54, 1.807) is 12.7 Å². The lowest BCUT2D eigenvalue weighted by Crippen LogP contribution is -2.15. The van der Waals surface area contributed by atoms with Gasteiger partial charge in [-0.05, 0) is 50.4 Å². The zero-order valence-corrected chi connectivity index (χ0v) is 11.6. The van der Waals surface area contributed by atoms with Crippen molar-refractivity contribution in [2.75, 3.05) is 13.7 Å². The van der Waals surface area contributed by atoms with Gasteiger partial charge < -0.3 is 10.1 Å². The molecular formula is C15H20ClNO. The molecule has 0 unspecified atom stereocenters. The van der Waals surface area contributed by atoms with Crippen LogP contribution in [0.2, 0.25) is 5.02 Å². The van der Waals surface area contributed by atoms with Crippen LogP contribution in [0.25, 0.3) is 0 Å². The number of allylic oxidation sites excluding steroid dienone is 1. The van der Waals surface area contributed by atoms with Crippen molar-refractivity contribution in [3.63, 3.8) is 0 Å². The van der Waals surface area contributed by atoms with Crippen LogP contribution >= 0.6 is 11.6 Å². The highest BCUT2D eigenvalue weighted by atomic mass is 35.5. The Morgan fingerprint density at radius 2 is 2.28 bits per heavy atom. The fraction of sp³-hybridized carbons (Fsp3) is 0.467. The van der Waals surface area contributed by atoms with E-state index in [1.165, 1.54) is 19.3 Å². The maximum absolute atomic E-state index is 6.00. The molecular weight excluding hydrogens is 246 g/mol. The fourth-order valence-corrected chi connectivity index (χ4v) is 2.52. The molecule has 0 aliphatic heterocycles. The summed E-state index contributed by atoms with van der Waals surface area (Å²) in [6, 6.07) is 5.73. The lowest BCUT2D eigenvalue weighted by Gasteiger charge is -2.10. The predicted molar refractivity (Wildman–Crippen MR) is 76.3 cm³/mol. The topological polar surface area (TPSA) is 21.3 Å². The van der Waals surface area contributed by atoms with Crippen LogP contribution in [0.5, 0.6) is 5.75 Å². The van der Waals surface area contributed by atoms with Crippen molar-refractivity contribution in [1.29, 1.82) is 0 Å². The van der Waals surface area contributed by atoms with Gasteiger partial charge in [-0.3, -0.25) is 0 Å². The molecule has 0 saturated carbocycles. The van der Waals surface area contributed by atoms with Gasteiger partial charge in [-0.2, -0.15) is 0 Å². The molecule has 1 aromatic rings. The van der Waals surface area contributed by atoms with Crippen LogP contribution in [0.4, 0.5) is 0 Å². The van der Waals surface area contributed by atoms with Crippen molar-refractivity contribution in [3.05, 3.63) is 40.4 Å². The van der Waals surface area contributed by atoms with Gasteiger partial charge in [0.05, 0.1) is 7.11 Å². The SMILES string of the molecule is COc1ccc(Cl)cc1CNCCC1=CCCC1. The Kier molecular flexibility index (Phi) is 5.09. The minimum Gasteiger partial charge on any atom is -0.496 e. The molecule has 0 aromatic heterocycles. The van der Waals surface area contributed by atoms with Gasteiger partial charge in [0.1, 0.15) is 5.75 Å². The van der Waals surface area contributed by atoms with Crippen LogP contribution in [-0.2, 0) is 6.54 Å². The third kappa shape index (κ3) is 3.76. The van der Waals surface area contributed by atoms with Crippen LogP contribution < -0.4 is 10.1 Å². The predicted octanol–water partition coefficient (Wildman–Crippen LogP) is 3.94. The molecule has 0 saturated heterocycles. The normalized spacial score (nSPS) is 14.7. The molecule has 0 spiro atoms. The van der Waals surface area contributed by atoms with Crippen molar-refractivity contribution >= 4 is 11.6 Å². The molecule has 1 aliphatic carbocycles. The van der Waals surface area contributed by atoms with E-state index < -0.39 is 0 Å². The van der Waals surface area contributed by atoms with Crippen LogP contribution in [0.3, 0.4) is 0 Å². The van der Waals surface area contributed by atoms with Gasteiger partial charge in [0, 0.05) is 17.1 Å². The number of methoxy groups -OCH3 is 1. The summed E-state index contributed by atoms with van der Waals surface area (Å²) < 4.78 is 5.32. The zero-order chi connectivity index (χ0) is 12.8. The molecule has 0 bridgehead atoms. The van der Waals surface area contributed by atoms with E-state index in [1.807, 2.05) is 18.2 Å². The molecule has 1 N–H and O–H groups in total. The van der Waals surface area contributed by atoms with E-state index in [0.717, 1.165) is 35.8 Å². The number of hydrogen-bond acceptors (Lipinski definition) is 2. The van der Waals surface area contributed by atoms with Gasteiger partial charge in [-0.15, -0.1) is 0 Å². The minimum absolute atomic E-state index is 0.756. The monoisotopic (exact) mass is 265 g/mol. The zero-order valence-electron chi connectivity index (χ0n) is 10.8. The summed E-state index contributed by atoms with van der Waals surface area (Å²) in [5.41, 5.74) is 2.71. The summed E-state index contributed by atoms with van der Waals surface area (Å²) in [5.74, 6) is 0.895. The first-order valence-electron chi connectivity index (χ1n) is 6.50. The second-order valence-electron chi connectivity index (χ2n) is 4.64. The number of rotatable bonds is 6. The maximum Gasteiger partial charge on any atom is 0.123 e. The van der Waals surface area contributed by atoms with E-state index in [-0.39, 0.29) is 0 Å². The molecule has 0 heterocycles. The van der Waals surface area contributed by atoms with Gasteiger partial charge in [-0.1, -0.05) is 23.3 Å². The second-order valence-corrected chi connectivity index (χ2v) is 5.07. The molecule has 0 atom stereocenters. The Morgan fingerprint density at radius 1 is 1.39 bits per heavy atom. The molecule has 0 fully saturated rings. The highest BCUT2D eigenvalue weighted by Crippen LogP contribution is 2.23. The first-order valence-corrected chi connectivity index (χ1v) is 6.88. The number of benzene rings is 1. The number of ether oxygens (including phenoxy) is 1. The largest absolute Gasteiger partial charge is 0.496 e. The summed E-state index contributed by atoms with van der Waals surface area (Å²) >= 11 is 6.00. The third-order valence-corrected chi connectivity index (χ3v) is 3.55. The Balaban J connectivity index is 1.80. The first kappa shape index (κ1) is 13.4. The summed E-state index contributed by atoms with van der Waals surface area (Å²) in [6.07, 6.45) is 7.40. The fourth-order valence-electron chi connectivity index (χ4n) is 2.32.